The molecular formula is C33H48ClN3O5. The fraction of sp³-hybridized carbons (Fsp3) is 0.727. The van der Waals surface area contributed by atoms with E-state index in [2.05, 4.69) is 10.2 Å². The molecule has 42 heavy (non-hydrogen) atoms. The van der Waals surface area contributed by atoms with Crippen LogP contribution in [0.15, 0.2) is 24.3 Å². The number of ether oxygens (including phenoxy) is 2. The Morgan fingerprint density at radius 2 is 1.67 bits per heavy atom. The van der Waals surface area contributed by atoms with Crippen molar-refractivity contribution in [2.75, 3.05) is 26.2 Å². The second-order valence-corrected chi connectivity index (χ2v) is 14.6. The molecular weight excluding hydrogens is 554 g/mol. The van der Waals surface area contributed by atoms with E-state index in [1.54, 1.807) is 12.1 Å². The number of piperidine rings is 1. The molecule has 0 unspecified atom stereocenters. The average Bonchev–Trinajstić information content (AvgIpc) is 3.56. The zero-order chi connectivity index (χ0) is 30.0. The molecule has 2 aliphatic heterocycles. The molecule has 0 aromatic heterocycles. The SMILES string of the molecule is CC(C)(C)OC(=O)N[C@H](Cc1ccc(Cl)cc1)C(=O)N1CCC(CN2C(=O)OCC23CCCC3)(C2CCCCC2)CC1. The lowest BCUT2D eigenvalue weighted by molar-refractivity contribution is -0.137. The van der Waals surface area contributed by atoms with Gasteiger partial charge in [0.05, 0.1) is 5.54 Å². The van der Waals surface area contributed by atoms with E-state index < -0.39 is 17.7 Å². The van der Waals surface area contributed by atoms with Gasteiger partial charge in [-0.2, -0.15) is 0 Å². The summed E-state index contributed by atoms with van der Waals surface area (Å²) < 4.78 is 11.2. The van der Waals surface area contributed by atoms with Crippen molar-refractivity contribution < 1.29 is 23.9 Å². The summed E-state index contributed by atoms with van der Waals surface area (Å²) in [6.07, 6.45) is 11.7. The van der Waals surface area contributed by atoms with Gasteiger partial charge in [-0.15, -0.1) is 0 Å². The average molecular weight is 602 g/mol. The lowest BCUT2D eigenvalue weighted by Crippen LogP contribution is -2.58. The Labute approximate surface area is 255 Å². The summed E-state index contributed by atoms with van der Waals surface area (Å²) in [7, 11) is 0. The molecule has 3 amide bonds. The Bertz CT molecular complexity index is 1110. The van der Waals surface area contributed by atoms with Gasteiger partial charge < -0.3 is 19.7 Å². The minimum atomic E-state index is -0.751. The molecule has 1 atom stereocenters. The van der Waals surface area contributed by atoms with Crippen molar-refractivity contribution in [3.05, 3.63) is 34.9 Å². The molecule has 4 aliphatic rings. The maximum Gasteiger partial charge on any atom is 0.410 e. The lowest BCUT2D eigenvalue weighted by atomic mass is 9.63. The zero-order valence-corrected chi connectivity index (χ0v) is 26.3. The second-order valence-electron chi connectivity index (χ2n) is 14.1. The molecule has 1 aromatic rings. The van der Waals surface area contributed by atoms with Crippen LogP contribution < -0.4 is 5.32 Å². The van der Waals surface area contributed by atoms with E-state index in [-0.39, 0.29) is 23.0 Å². The highest BCUT2D eigenvalue weighted by atomic mass is 35.5. The predicted octanol–water partition coefficient (Wildman–Crippen LogP) is 6.73. The molecule has 1 aromatic carbocycles. The van der Waals surface area contributed by atoms with E-state index in [0.29, 0.717) is 37.1 Å². The lowest BCUT2D eigenvalue weighted by Gasteiger charge is -2.51. The van der Waals surface area contributed by atoms with E-state index in [1.165, 1.54) is 32.1 Å². The summed E-state index contributed by atoms with van der Waals surface area (Å²) in [4.78, 5) is 43.9. The van der Waals surface area contributed by atoms with Crippen LogP contribution >= 0.6 is 11.6 Å². The van der Waals surface area contributed by atoms with E-state index in [9.17, 15) is 14.4 Å². The first kappa shape index (κ1) is 31.0. The van der Waals surface area contributed by atoms with E-state index in [1.807, 2.05) is 37.8 Å². The molecule has 232 valence electrons. The van der Waals surface area contributed by atoms with Crippen LogP contribution in [0.3, 0.4) is 0 Å². The monoisotopic (exact) mass is 601 g/mol. The number of nitrogens with zero attached hydrogens (tertiary/aromatic N) is 2. The van der Waals surface area contributed by atoms with E-state index in [4.69, 9.17) is 21.1 Å². The number of benzene rings is 1. The first-order valence-electron chi connectivity index (χ1n) is 16.0. The van der Waals surface area contributed by atoms with Crippen LogP contribution in [0, 0.1) is 11.3 Å². The number of hydrogen-bond donors (Lipinski definition) is 1. The third-order valence-electron chi connectivity index (χ3n) is 10.1. The smallest absolute Gasteiger partial charge is 0.410 e. The molecule has 8 nitrogen and oxygen atoms in total. The van der Waals surface area contributed by atoms with Gasteiger partial charge in [0.2, 0.25) is 5.91 Å². The third-order valence-corrected chi connectivity index (χ3v) is 10.4. The number of likely N-dealkylation sites (tertiary alicyclic amines) is 1. The van der Waals surface area contributed by atoms with Gasteiger partial charge in [-0.3, -0.25) is 9.69 Å². The van der Waals surface area contributed by atoms with Gasteiger partial charge in [-0.05, 0) is 88.3 Å². The number of alkyl carbamates (subject to hydrolysis) is 1. The quantitative estimate of drug-likeness (QED) is 0.374. The highest BCUT2D eigenvalue weighted by molar-refractivity contribution is 6.30. The Balaban J connectivity index is 1.32. The maximum absolute atomic E-state index is 14.0. The van der Waals surface area contributed by atoms with E-state index in [0.717, 1.165) is 50.6 Å². The van der Waals surface area contributed by atoms with Gasteiger partial charge in [0.15, 0.2) is 0 Å². The van der Waals surface area contributed by atoms with Crippen molar-refractivity contribution >= 4 is 29.7 Å². The van der Waals surface area contributed by atoms with Crippen LogP contribution in [0.2, 0.25) is 5.02 Å². The number of rotatable bonds is 7. The van der Waals surface area contributed by atoms with E-state index >= 15 is 0 Å². The highest BCUT2D eigenvalue weighted by Gasteiger charge is 2.53. The summed E-state index contributed by atoms with van der Waals surface area (Å²) in [5.41, 5.74) is 0.0696. The molecule has 1 N–H and O–H groups in total. The van der Waals surface area contributed by atoms with Crippen molar-refractivity contribution in [3.63, 3.8) is 0 Å². The van der Waals surface area contributed by atoms with Crippen molar-refractivity contribution in [1.82, 2.24) is 15.1 Å². The Morgan fingerprint density at radius 3 is 2.29 bits per heavy atom. The fourth-order valence-electron chi connectivity index (χ4n) is 7.85. The predicted molar refractivity (Wildman–Crippen MR) is 162 cm³/mol. The summed E-state index contributed by atoms with van der Waals surface area (Å²) in [5.74, 6) is 0.445. The number of nitrogens with one attached hydrogen (secondary N) is 1. The van der Waals surface area contributed by atoms with Crippen LogP contribution in [-0.2, 0) is 20.7 Å². The van der Waals surface area contributed by atoms with Crippen molar-refractivity contribution in [2.24, 2.45) is 11.3 Å². The molecule has 0 radical (unpaired) electrons. The van der Waals surface area contributed by atoms with Crippen LogP contribution in [0.1, 0.15) is 97.0 Å². The number of halogens is 1. The first-order chi connectivity index (χ1) is 20.0. The van der Waals surface area contributed by atoms with Crippen LogP contribution in [0.25, 0.3) is 0 Å². The maximum atomic E-state index is 14.0. The van der Waals surface area contributed by atoms with Gasteiger partial charge in [-0.25, -0.2) is 9.59 Å². The topological polar surface area (TPSA) is 88.2 Å². The highest BCUT2D eigenvalue weighted by Crippen LogP contribution is 2.50. The fourth-order valence-corrected chi connectivity index (χ4v) is 7.98. The molecule has 1 spiro atoms. The molecule has 2 aliphatic carbocycles. The molecule has 2 saturated heterocycles. The van der Waals surface area contributed by atoms with Gasteiger partial charge in [-0.1, -0.05) is 55.8 Å². The summed E-state index contributed by atoms with van der Waals surface area (Å²) in [6, 6.07) is 6.62. The molecule has 2 heterocycles. The van der Waals surface area contributed by atoms with Crippen LogP contribution in [0.4, 0.5) is 9.59 Å². The Kier molecular flexibility index (Phi) is 9.31. The third kappa shape index (κ3) is 7.00. The van der Waals surface area contributed by atoms with Crippen molar-refractivity contribution in [3.8, 4) is 0 Å². The number of hydrogen-bond acceptors (Lipinski definition) is 5. The first-order valence-corrected chi connectivity index (χ1v) is 16.3. The molecule has 2 saturated carbocycles. The Morgan fingerprint density at radius 1 is 1.02 bits per heavy atom. The summed E-state index contributed by atoms with van der Waals surface area (Å²) >= 11 is 6.09. The normalized spacial score (nSPS) is 23.1. The number of cyclic esters (lactones) is 1. The number of carbonyl (C=O) groups excluding carboxylic acids is 3. The summed E-state index contributed by atoms with van der Waals surface area (Å²) in [5, 5.41) is 3.48. The Hall–Kier alpha value is -2.48. The standard InChI is InChI=1S/C33H48ClN3O5/c1-31(2,3)42-29(39)35-27(21-24-11-13-26(34)14-12-24)28(38)36-19-17-32(18-20-36,25-9-5-4-6-10-25)22-37-30(40)41-23-33(37)15-7-8-16-33/h11-14,25,27H,4-10,15-23H2,1-3H3,(H,35,39)/t27-/m1/s1. The number of carbonyl (C=O) groups is 3. The van der Waals surface area contributed by atoms with Gasteiger partial charge in [0.25, 0.3) is 0 Å². The minimum absolute atomic E-state index is 0.0274. The largest absolute Gasteiger partial charge is 0.447 e. The second kappa shape index (κ2) is 12.6. The van der Waals surface area contributed by atoms with Crippen LogP contribution in [0.5, 0.6) is 0 Å². The van der Waals surface area contributed by atoms with Gasteiger partial charge >= 0.3 is 12.2 Å². The number of amides is 3. The summed E-state index contributed by atoms with van der Waals surface area (Å²) in [6.45, 7) is 7.89. The van der Waals surface area contributed by atoms with Crippen LogP contribution in [-0.4, -0.2) is 71.3 Å². The van der Waals surface area contributed by atoms with Crippen molar-refractivity contribution in [2.45, 2.75) is 115 Å². The molecule has 0 bridgehead atoms. The van der Waals surface area contributed by atoms with Crippen molar-refractivity contribution in [1.29, 1.82) is 0 Å². The zero-order valence-electron chi connectivity index (χ0n) is 25.6. The molecule has 4 fully saturated rings. The minimum Gasteiger partial charge on any atom is -0.447 e. The van der Waals surface area contributed by atoms with Gasteiger partial charge in [0.1, 0.15) is 18.2 Å². The molecule has 5 rings (SSSR count). The molecule has 9 heteroatoms. The van der Waals surface area contributed by atoms with Gasteiger partial charge in [0, 0.05) is 31.1 Å².